The lowest BCUT2D eigenvalue weighted by molar-refractivity contribution is 0.784. The number of nitrogens with zero attached hydrogens (tertiary/aromatic N) is 6. The number of H-pyrrole nitrogens is 1. The van der Waals surface area contributed by atoms with Gasteiger partial charge in [0, 0.05) is 32.4 Å². The molecule has 10 heteroatoms. The highest BCUT2D eigenvalue weighted by Crippen LogP contribution is 2.29. The fourth-order valence-electron chi connectivity index (χ4n) is 3.19. The molecule has 0 unspecified atom stereocenters. The highest BCUT2D eigenvalue weighted by atomic mass is 35.5. The number of para-hydroxylation sites is 1. The van der Waals surface area contributed by atoms with Gasteiger partial charge in [0.2, 0.25) is 5.95 Å². The average molecular weight is 424 g/mol. The second-order valence-corrected chi connectivity index (χ2v) is 7.14. The molecular formula is C17H19Cl2N7S. The molecule has 5 rings (SSSR count). The van der Waals surface area contributed by atoms with E-state index in [1.54, 1.807) is 17.5 Å². The first kappa shape index (κ1) is 19.6. The Balaban J connectivity index is 0.00000105. The van der Waals surface area contributed by atoms with Crippen molar-refractivity contribution < 1.29 is 0 Å². The molecule has 3 aromatic heterocycles. The van der Waals surface area contributed by atoms with Gasteiger partial charge in [-0.1, -0.05) is 23.5 Å². The summed E-state index contributed by atoms with van der Waals surface area (Å²) in [6, 6.07) is 8.32. The fourth-order valence-corrected chi connectivity index (χ4v) is 4.20. The van der Waals surface area contributed by atoms with Crippen LogP contribution in [0.3, 0.4) is 0 Å². The van der Waals surface area contributed by atoms with E-state index in [9.17, 15) is 0 Å². The smallest absolute Gasteiger partial charge is 0.227 e. The van der Waals surface area contributed by atoms with E-state index in [0.717, 1.165) is 60.2 Å². The van der Waals surface area contributed by atoms with E-state index in [1.807, 2.05) is 12.3 Å². The van der Waals surface area contributed by atoms with E-state index in [-0.39, 0.29) is 24.8 Å². The highest BCUT2D eigenvalue weighted by molar-refractivity contribution is 7.22. The molecule has 4 heterocycles. The number of rotatable bonds is 2. The maximum absolute atomic E-state index is 4.79. The first-order chi connectivity index (χ1) is 12.4. The Bertz CT molecular complexity index is 991. The molecule has 7 nitrogen and oxygen atoms in total. The van der Waals surface area contributed by atoms with Crippen LogP contribution in [0.25, 0.3) is 21.3 Å². The van der Waals surface area contributed by atoms with Crippen LogP contribution in [0.5, 0.6) is 0 Å². The lowest BCUT2D eigenvalue weighted by atomic mass is 10.3. The SMILES string of the molecule is Cl.Cl.c1ccc2sc(N3CCCN(c4ncc5cn[nH]c5n4)CC3)nc2c1. The molecule has 1 aromatic carbocycles. The van der Waals surface area contributed by atoms with Gasteiger partial charge in [-0.05, 0) is 18.6 Å². The summed E-state index contributed by atoms with van der Waals surface area (Å²) in [5.74, 6) is 0.767. The van der Waals surface area contributed by atoms with Crippen molar-refractivity contribution in [3.63, 3.8) is 0 Å². The summed E-state index contributed by atoms with van der Waals surface area (Å²) in [6.07, 6.45) is 4.63. The molecule has 27 heavy (non-hydrogen) atoms. The van der Waals surface area contributed by atoms with Gasteiger partial charge in [0.05, 0.1) is 21.8 Å². The average Bonchev–Trinajstić information content (AvgIpc) is 3.21. The Morgan fingerprint density at radius 1 is 0.926 bits per heavy atom. The van der Waals surface area contributed by atoms with Crippen molar-refractivity contribution in [2.45, 2.75) is 6.42 Å². The van der Waals surface area contributed by atoms with Crippen LogP contribution < -0.4 is 9.80 Å². The third kappa shape index (κ3) is 3.78. The summed E-state index contributed by atoms with van der Waals surface area (Å²) in [6.45, 7) is 3.75. The molecule has 0 bridgehead atoms. The first-order valence-corrected chi connectivity index (χ1v) is 9.20. The molecule has 0 saturated carbocycles. The maximum Gasteiger partial charge on any atom is 0.227 e. The summed E-state index contributed by atoms with van der Waals surface area (Å²) >= 11 is 1.76. The third-order valence-electron chi connectivity index (χ3n) is 4.51. The monoisotopic (exact) mass is 423 g/mol. The lowest BCUT2D eigenvalue weighted by Crippen LogP contribution is -2.31. The van der Waals surface area contributed by atoms with E-state index in [0.29, 0.717) is 0 Å². The van der Waals surface area contributed by atoms with E-state index in [2.05, 4.69) is 48.2 Å². The van der Waals surface area contributed by atoms with Gasteiger partial charge in [0.25, 0.3) is 0 Å². The number of benzene rings is 1. The van der Waals surface area contributed by atoms with Crippen molar-refractivity contribution in [2.75, 3.05) is 36.0 Å². The number of aromatic amines is 1. The minimum atomic E-state index is 0. The number of fused-ring (bicyclic) bond motifs is 2. The zero-order valence-corrected chi connectivity index (χ0v) is 16.9. The summed E-state index contributed by atoms with van der Waals surface area (Å²) in [5.41, 5.74) is 1.87. The van der Waals surface area contributed by atoms with E-state index in [1.165, 1.54) is 4.70 Å². The quantitative estimate of drug-likeness (QED) is 0.531. The van der Waals surface area contributed by atoms with Gasteiger partial charge < -0.3 is 9.80 Å². The number of aromatic nitrogens is 5. The van der Waals surface area contributed by atoms with Crippen molar-refractivity contribution in [2.24, 2.45) is 0 Å². The zero-order valence-electron chi connectivity index (χ0n) is 14.4. The van der Waals surface area contributed by atoms with Crippen LogP contribution in [0, 0.1) is 0 Å². The molecule has 1 fully saturated rings. The second-order valence-electron chi connectivity index (χ2n) is 6.14. The molecule has 0 spiro atoms. The van der Waals surface area contributed by atoms with Gasteiger partial charge in [-0.2, -0.15) is 10.1 Å². The molecule has 1 aliphatic rings. The normalized spacial score (nSPS) is 14.7. The largest absolute Gasteiger partial charge is 0.346 e. The fraction of sp³-hybridized carbons (Fsp3) is 0.294. The zero-order chi connectivity index (χ0) is 16.6. The molecule has 0 aliphatic carbocycles. The minimum Gasteiger partial charge on any atom is -0.346 e. The minimum absolute atomic E-state index is 0. The van der Waals surface area contributed by atoms with Crippen LogP contribution in [0.2, 0.25) is 0 Å². The standard InChI is InChI=1S/C17H17N7S.2ClH/c1-2-5-14-13(4-1)20-17(25-14)24-7-3-6-23(8-9-24)16-18-10-12-11-19-22-15(12)21-16;;/h1-2,4-5,10-11H,3,6-9H2,(H,18,19,21,22);2*1H. The molecule has 1 N–H and O–H groups in total. The highest BCUT2D eigenvalue weighted by Gasteiger charge is 2.19. The molecular weight excluding hydrogens is 405 g/mol. The van der Waals surface area contributed by atoms with Crippen molar-refractivity contribution in [3.05, 3.63) is 36.7 Å². The molecule has 142 valence electrons. The summed E-state index contributed by atoms with van der Waals surface area (Å²) in [5, 5.41) is 8.98. The third-order valence-corrected chi connectivity index (χ3v) is 5.61. The van der Waals surface area contributed by atoms with Gasteiger partial charge in [-0.15, -0.1) is 24.8 Å². The first-order valence-electron chi connectivity index (χ1n) is 8.38. The van der Waals surface area contributed by atoms with Crippen LogP contribution in [-0.4, -0.2) is 51.3 Å². The second kappa shape index (κ2) is 8.24. The van der Waals surface area contributed by atoms with Crippen LogP contribution in [-0.2, 0) is 0 Å². The Hall–Kier alpha value is -2.16. The Morgan fingerprint density at radius 3 is 2.63 bits per heavy atom. The van der Waals surface area contributed by atoms with Crippen molar-refractivity contribution in [1.29, 1.82) is 0 Å². The maximum atomic E-state index is 4.79. The van der Waals surface area contributed by atoms with Crippen LogP contribution in [0.1, 0.15) is 6.42 Å². The predicted octanol–water partition coefficient (Wildman–Crippen LogP) is 3.52. The van der Waals surface area contributed by atoms with Gasteiger partial charge in [-0.3, -0.25) is 5.10 Å². The number of halogens is 2. The Labute approximate surface area is 172 Å². The molecule has 1 aliphatic heterocycles. The summed E-state index contributed by atoms with van der Waals surface area (Å²) in [7, 11) is 0. The number of hydrogen-bond donors (Lipinski definition) is 1. The lowest BCUT2D eigenvalue weighted by Gasteiger charge is -2.21. The van der Waals surface area contributed by atoms with Crippen molar-refractivity contribution in [1.82, 2.24) is 25.1 Å². The van der Waals surface area contributed by atoms with Crippen LogP contribution in [0.4, 0.5) is 11.1 Å². The molecule has 0 amide bonds. The van der Waals surface area contributed by atoms with E-state index >= 15 is 0 Å². The number of nitrogens with one attached hydrogen (secondary N) is 1. The Kier molecular flexibility index (Phi) is 5.98. The van der Waals surface area contributed by atoms with Gasteiger partial charge in [0.1, 0.15) is 0 Å². The summed E-state index contributed by atoms with van der Waals surface area (Å²) < 4.78 is 1.24. The predicted molar refractivity (Wildman–Crippen MR) is 115 cm³/mol. The molecule has 1 saturated heterocycles. The number of hydrogen-bond acceptors (Lipinski definition) is 7. The number of anilines is 2. The summed E-state index contributed by atoms with van der Waals surface area (Å²) in [4.78, 5) is 18.5. The topological polar surface area (TPSA) is 73.8 Å². The molecule has 0 atom stereocenters. The molecule has 0 radical (unpaired) electrons. The van der Waals surface area contributed by atoms with Gasteiger partial charge in [0.15, 0.2) is 10.8 Å². The van der Waals surface area contributed by atoms with Crippen LogP contribution >= 0.6 is 36.2 Å². The molecule has 4 aromatic rings. The van der Waals surface area contributed by atoms with Crippen LogP contribution in [0.15, 0.2) is 36.7 Å². The van der Waals surface area contributed by atoms with E-state index < -0.39 is 0 Å². The van der Waals surface area contributed by atoms with Gasteiger partial charge in [-0.25, -0.2) is 9.97 Å². The van der Waals surface area contributed by atoms with Gasteiger partial charge >= 0.3 is 0 Å². The Morgan fingerprint density at radius 2 is 1.74 bits per heavy atom. The van der Waals surface area contributed by atoms with E-state index in [4.69, 9.17) is 4.98 Å². The van der Waals surface area contributed by atoms with Crippen molar-refractivity contribution in [3.8, 4) is 0 Å². The van der Waals surface area contributed by atoms with Crippen molar-refractivity contribution >= 4 is 68.5 Å². The number of thiazole rings is 1.